The van der Waals surface area contributed by atoms with E-state index in [4.69, 9.17) is 0 Å². The molecule has 0 fully saturated rings. The smallest absolute Gasteiger partial charge is 0.302 e. The first-order valence-corrected chi connectivity index (χ1v) is 9.08. The van der Waals surface area contributed by atoms with Crippen LogP contribution in [0.25, 0.3) is 0 Å². The number of rotatable bonds is 5. The van der Waals surface area contributed by atoms with E-state index in [-0.39, 0.29) is 28.2 Å². The summed E-state index contributed by atoms with van der Waals surface area (Å²) >= 11 is 0. The van der Waals surface area contributed by atoms with Crippen LogP contribution in [0.1, 0.15) is 29.8 Å². The Labute approximate surface area is 179 Å². The third kappa shape index (κ3) is 4.43. The van der Waals surface area contributed by atoms with Gasteiger partial charge in [0.05, 0.1) is 27.5 Å². The summed E-state index contributed by atoms with van der Waals surface area (Å²) in [7, 11) is 0. The van der Waals surface area contributed by atoms with Crippen molar-refractivity contribution < 1.29 is 27.7 Å². The number of nitro groups is 1. The van der Waals surface area contributed by atoms with Crippen molar-refractivity contribution >= 4 is 28.9 Å². The maximum absolute atomic E-state index is 13.0. The van der Waals surface area contributed by atoms with Crippen LogP contribution in [0.5, 0.6) is 0 Å². The molecule has 2 aromatic carbocycles. The maximum atomic E-state index is 13.0. The Hall–Kier alpha value is -4.22. The van der Waals surface area contributed by atoms with Crippen molar-refractivity contribution in [2.75, 3.05) is 5.01 Å². The third-order valence-electron chi connectivity index (χ3n) is 4.52. The lowest BCUT2D eigenvalue weighted by Gasteiger charge is -2.15. The fourth-order valence-corrected chi connectivity index (χ4v) is 3.03. The van der Waals surface area contributed by atoms with E-state index in [9.17, 15) is 32.9 Å². The second-order valence-electron chi connectivity index (χ2n) is 6.70. The molecule has 2 amide bonds. The molecular weight excluding hydrogens is 431 g/mol. The van der Waals surface area contributed by atoms with E-state index in [2.05, 4.69) is 16.0 Å². The van der Waals surface area contributed by atoms with Gasteiger partial charge in [-0.05, 0) is 38.1 Å². The van der Waals surface area contributed by atoms with Crippen LogP contribution in [0.4, 0.5) is 24.5 Å². The second-order valence-corrected chi connectivity index (χ2v) is 6.70. The van der Waals surface area contributed by atoms with E-state index in [1.165, 1.54) is 44.2 Å². The number of alkyl halides is 3. The molecule has 0 spiro atoms. The number of amides is 2. The number of carbonyl (C=O) groups is 2. The Bertz CT molecular complexity index is 1170. The Balaban J connectivity index is 1.81. The molecule has 3 rings (SSSR count). The predicted molar refractivity (Wildman–Crippen MR) is 108 cm³/mol. The van der Waals surface area contributed by atoms with Crippen LogP contribution >= 0.6 is 0 Å². The van der Waals surface area contributed by atoms with E-state index in [1.54, 1.807) is 0 Å². The first-order chi connectivity index (χ1) is 15.0. The number of nitrogens with zero attached hydrogens (tertiary/aromatic N) is 3. The van der Waals surface area contributed by atoms with Crippen LogP contribution in [-0.2, 0) is 11.0 Å². The van der Waals surface area contributed by atoms with Crippen molar-refractivity contribution in [2.45, 2.75) is 20.0 Å². The van der Waals surface area contributed by atoms with Gasteiger partial charge in [0, 0.05) is 11.8 Å². The van der Waals surface area contributed by atoms with Gasteiger partial charge in [-0.15, -0.1) is 0 Å². The summed E-state index contributed by atoms with van der Waals surface area (Å²) in [6, 6.07) is 9.46. The normalized spacial score (nSPS) is 15.3. The first-order valence-electron chi connectivity index (χ1n) is 9.08. The topological polar surface area (TPSA) is 117 Å². The highest BCUT2D eigenvalue weighted by atomic mass is 19.4. The van der Waals surface area contributed by atoms with E-state index in [1.807, 2.05) is 0 Å². The number of para-hydroxylation sites is 1. The standard InChI is InChI=1S/C20H16F3N5O4/c1-11(24-25-18(29)15-8-3-4-9-16(15)28(31)32)17-12(2)26-27(19(17)30)14-7-5-6-13(10-14)20(21,22)23/h3-10,24H,1-2H3,(H,25,29)/b17-11-. The van der Waals surface area contributed by atoms with Gasteiger partial charge in [0.15, 0.2) is 0 Å². The zero-order valence-electron chi connectivity index (χ0n) is 16.7. The molecule has 2 aromatic rings. The number of hydrazone groups is 1. The number of carbonyl (C=O) groups excluding carboxylic acids is 2. The van der Waals surface area contributed by atoms with Gasteiger partial charge in [0.25, 0.3) is 17.5 Å². The molecule has 9 nitrogen and oxygen atoms in total. The third-order valence-corrected chi connectivity index (χ3v) is 4.52. The minimum atomic E-state index is -4.59. The highest BCUT2D eigenvalue weighted by Gasteiger charge is 2.34. The molecule has 1 heterocycles. The molecule has 0 saturated heterocycles. The molecule has 1 aliphatic heterocycles. The van der Waals surface area contributed by atoms with Gasteiger partial charge in [0.2, 0.25) is 0 Å². The average molecular weight is 447 g/mol. The van der Waals surface area contributed by atoms with Crippen LogP contribution in [0.3, 0.4) is 0 Å². The summed E-state index contributed by atoms with van der Waals surface area (Å²) in [6.07, 6.45) is -4.59. The lowest BCUT2D eigenvalue weighted by Crippen LogP contribution is -2.38. The zero-order valence-corrected chi connectivity index (χ0v) is 16.7. The van der Waals surface area contributed by atoms with Gasteiger partial charge >= 0.3 is 6.18 Å². The number of halogens is 3. The predicted octanol–water partition coefficient (Wildman–Crippen LogP) is 3.54. The summed E-state index contributed by atoms with van der Waals surface area (Å²) in [5.74, 6) is -1.52. The fraction of sp³-hybridized carbons (Fsp3) is 0.150. The molecule has 0 radical (unpaired) electrons. The van der Waals surface area contributed by atoms with Crippen LogP contribution in [0.2, 0.25) is 0 Å². The van der Waals surface area contributed by atoms with Gasteiger partial charge in [0.1, 0.15) is 5.56 Å². The van der Waals surface area contributed by atoms with Gasteiger partial charge in [-0.25, -0.2) is 0 Å². The monoisotopic (exact) mass is 447 g/mol. The summed E-state index contributed by atoms with van der Waals surface area (Å²) < 4.78 is 39.0. The Kier molecular flexibility index (Phi) is 5.96. The molecule has 0 unspecified atom stereocenters. The van der Waals surface area contributed by atoms with E-state index in [0.29, 0.717) is 0 Å². The molecule has 12 heteroatoms. The lowest BCUT2D eigenvalue weighted by atomic mass is 10.1. The molecule has 32 heavy (non-hydrogen) atoms. The number of anilines is 1. The van der Waals surface area contributed by atoms with Crippen molar-refractivity contribution in [2.24, 2.45) is 5.10 Å². The molecule has 0 aromatic heterocycles. The molecule has 1 aliphatic rings. The summed E-state index contributed by atoms with van der Waals surface area (Å²) in [6.45, 7) is 2.93. The van der Waals surface area contributed by atoms with E-state index >= 15 is 0 Å². The zero-order chi connectivity index (χ0) is 23.6. The SMILES string of the molecule is CC1=NN(c2cccc(C(F)(F)F)c2)C(=O)/C1=C(/C)NNC(=O)c1ccccc1[N+](=O)[O-]. The summed E-state index contributed by atoms with van der Waals surface area (Å²) in [5.41, 5.74) is 3.56. The minimum absolute atomic E-state index is 0.0327. The van der Waals surface area contributed by atoms with Crippen molar-refractivity contribution in [3.05, 3.63) is 81.0 Å². The molecule has 0 aliphatic carbocycles. The van der Waals surface area contributed by atoms with Crippen LogP contribution < -0.4 is 15.9 Å². The maximum Gasteiger partial charge on any atom is 0.416 e. The molecule has 0 bridgehead atoms. The van der Waals surface area contributed by atoms with Crippen molar-refractivity contribution in [3.63, 3.8) is 0 Å². The van der Waals surface area contributed by atoms with Crippen LogP contribution in [0, 0.1) is 10.1 Å². The number of allylic oxidation sites excluding steroid dienone is 1. The second kappa shape index (κ2) is 8.49. The van der Waals surface area contributed by atoms with E-state index < -0.39 is 34.2 Å². The first kappa shape index (κ1) is 22.5. The Morgan fingerprint density at radius 1 is 1.12 bits per heavy atom. The van der Waals surface area contributed by atoms with Crippen molar-refractivity contribution in [1.82, 2.24) is 10.9 Å². The number of nitro benzene ring substituents is 1. The fourth-order valence-electron chi connectivity index (χ4n) is 3.03. The van der Waals surface area contributed by atoms with Crippen LogP contribution in [0.15, 0.2) is 64.9 Å². The molecule has 166 valence electrons. The number of hydrogen-bond acceptors (Lipinski definition) is 6. The van der Waals surface area contributed by atoms with Crippen molar-refractivity contribution in [3.8, 4) is 0 Å². The Morgan fingerprint density at radius 3 is 2.47 bits per heavy atom. The largest absolute Gasteiger partial charge is 0.416 e. The highest BCUT2D eigenvalue weighted by Crippen LogP contribution is 2.33. The van der Waals surface area contributed by atoms with Crippen LogP contribution in [-0.4, -0.2) is 22.4 Å². The number of hydrogen-bond donors (Lipinski definition) is 2. The summed E-state index contributed by atoms with van der Waals surface area (Å²) in [4.78, 5) is 35.5. The average Bonchev–Trinajstić information content (AvgIpc) is 3.05. The lowest BCUT2D eigenvalue weighted by molar-refractivity contribution is -0.385. The molecule has 0 saturated carbocycles. The highest BCUT2D eigenvalue weighted by molar-refractivity contribution is 6.30. The molecule has 0 atom stereocenters. The number of nitrogens with one attached hydrogen (secondary N) is 2. The number of benzene rings is 2. The van der Waals surface area contributed by atoms with Gasteiger partial charge in [-0.3, -0.25) is 25.1 Å². The van der Waals surface area contributed by atoms with Crippen molar-refractivity contribution in [1.29, 1.82) is 0 Å². The van der Waals surface area contributed by atoms with Gasteiger partial charge in [-0.2, -0.15) is 23.3 Å². The Morgan fingerprint density at radius 2 is 1.81 bits per heavy atom. The van der Waals surface area contributed by atoms with Gasteiger partial charge < -0.3 is 5.43 Å². The minimum Gasteiger partial charge on any atom is -0.302 e. The summed E-state index contributed by atoms with van der Waals surface area (Å²) in [5, 5.41) is 15.9. The quantitative estimate of drug-likeness (QED) is 0.413. The number of hydrazine groups is 1. The molecular formula is C20H16F3N5O4. The van der Waals surface area contributed by atoms with Gasteiger partial charge in [-0.1, -0.05) is 18.2 Å². The van der Waals surface area contributed by atoms with E-state index in [0.717, 1.165) is 23.2 Å². The molecule has 2 N–H and O–H groups in total.